The number of anilines is 1. The maximum atomic E-state index is 12.2. The molecule has 0 bridgehead atoms. The van der Waals surface area contributed by atoms with Crippen LogP contribution in [0.2, 0.25) is 0 Å². The molecular formula is C15H20F2N2O. The van der Waals surface area contributed by atoms with Crippen LogP contribution >= 0.6 is 0 Å². The number of alkyl halides is 2. The highest BCUT2D eigenvalue weighted by atomic mass is 19.3. The number of nitrogens with zero attached hydrogens (tertiary/aromatic N) is 1. The molecule has 3 rings (SSSR count). The molecule has 0 radical (unpaired) electrons. The average molecular weight is 282 g/mol. The van der Waals surface area contributed by atoms with Crippen LogP contribution in [0.5, 0.6) is 5.75 Å². The van der Waals surface area contributed by atoms with Gasteiger partial charge in [0.1, 0.15) is 5.75 Å². The van der Waals surface area contributed by atoms with Crippen molar-refractivity contribution in [2.75, 3.05) is 18.4 Å². The summed E-state index contributed by atoms with van der Waals surface area (Å²) in [5, 5.41) is 3.46. The van der Waals surface area contributed by atoms with Crippen molar-refractivity contribution in [3.8, 4) is 5.75 Å². The molecular weight excluding hydrogens is 262 g/mol. The first-order valence-corrected chi connectivity index (χ1v) is 7.26. The normalized spacial score (nSPS) is 26.6. The largest absolute Gasteiger partial charge is 0.435 e. The minimum absolute atomic E-state index is 0.211. The molecule has 1 aromatic carbocycles. The second-order valence-electron chi connectivity index (χ2n) is 5.60. The molecule has 2 aliphatic heterocycles. The molecule has 2 saturated heterocycles. The number of halogens is 2. The van der Waals surface area contributed by atoms with Gasteiger partial charge in [-0.3, -0.25) is 0 Å². The second-order valence-corrected chi connectivity index (χ2v) is 5.60. The molecule has 0 aliphatic carbocycles. The number of piperidine rings is 1. The fourth-order valence-electron chi connectivity index (χ4n) is 3.35. The molecule has 1 N–H and O–H groups in total. The van der Waals surface area contributed by atoms with Crippen LogP contribution in [0.25, 0.3) is 0 Å². The Balaban J connectivity index is 1.60. The fourth-order valence-corrected chi connectivity index (χ4v) is 3.35. The van der Waals surface area contributed by atoms with Gasteiger partial charge in [-0.05, 0) is 44.4 Å². The average Bonchev–Trinajstić information content (AvgIpc) is 2.85. The smallest absolute Gasteiger partial charge is 0.387 e. The number of nitrogens with one attached hydrogen (secondary N) is 1. The van der Waals surface area contributed by atoms with Crippen LogP contribution < -0.4 is 10.1 Å². The van der Waals surface area contributed by atoms with E-state index in [9.17, 15) is 8.78 Å². The molecule has 20 heavy (non-hydrogen) atoms. The zero-order chi connectivity index (χ0) is 13.9. The van der Waals surface area contributed by atoms with Crippen LogP contribution in [0.3, 0.4) is 0 Å². The number of hydrogen-bond acceptors (Lipinski definition) is 3. The van der Waals surface area contributed by atoms with E-state index in [2.05, 4.69) is 15.0 Å². The molecule has 0 amide bonds. The van der Waals surface area contributed by atoms with Gasteiger partial charge in [0.05, 0.1) is 0 Å². The van der Waals surface area contributed by atoms with E-state index in [1.54, 1.807) is 18.2 Å². The van der Waals surface area contributed by atoms with Crippen molar-refractivity contribution >= 4 is 5.69 Å². The summed E-state index contributed by atoms with van der Waals surface area (Å²) in [5.41, 5.74) is 0.861. The maximum Gasteiger partial charge on any atom is 0.387 e. The quantitative estimate of drug-likeness (QED) is 0.916. The van der Waals surface area contributed by atoms with Crippen molar-refractivity contribution in [2.24, 2.45) is 0 Å². The first kappa shape index (κ1) is 13.6. The predicted octanol–water partition coefficient (Wildman–Crippen LogP) is 3.33. The van der Waals surface area contributed by atoms with Gasteiger partial charge in [0.2, 0.25) is 0 Å². The van der Waals surface area contributed by atoms with E-state index in [0.29, 0.717) is 12.1 Å². The third-order valence-electron chi connectivity index (χ3n) is 4.25. The molecule has 0 aromatic heterocycles. The monoisotopic (exact) mass is 282 g/mol. The Labute approximate surface area is 117 Å². The van der Waals surface area contributed by atoms with E-state index >= 15 is 0 Å². The first-order valence-electron chi connectivity index (χ1n) is 7.26. The summed E-state index contributed by atoms with van der Waals surface area (Å²) in [6.45, 7) is -0.406. The number of fused-ring (bicyclic) bond motifs is 1. The lowest BCUT2D eigenvalue weighted by molar-refractivity contribution is -0.0498. The maximum absolute atomic E-state index is 12.2. The number of rotatable bonds is 4. The molecule has 2 fully saturated rings. The van der Waals surface area contributed by atoms with Gasteiger partial charge in [0, 0.05) is 30.4 Å². The van der Waals surface area contributed by atoms with Gasteiger partial charge in [-0.1, -0.05) is 6.07 Å². The van der Waals surface area contributed by atoms with Crippen LogP contribution in [0.4, 0.5) is 14.5 Å². The summed E-state index contributed by atoms with van der Waals surface area (Å²) >= 11 is 0. The molecule has 2 aliphatic rings. The Morgan fingerprint density at radius 2 is 2.15 bits per heavy atom. The summed E-state index contributed by atoms with van der Waals surface area (Å²) in [4.78, 5) is 2.56. The second kappa shape index (κ2) is 5.95. The van der Waals surface area contributed by atoms with Crippen LogP contribution in [0.15, 0.2) is 24.3 Å². The van der Waals surface area contributed by atoms with Gasteiger partial charge in [0.15, 0.2) is 0 Å². The third-order valence-corrected chi connectivity index (χ3v) is 4.25. The molecule has 0 saturated carbocycles. The third kappa shape index (κ3) is 3.20. The van der Waals surface area contributed by atoms with E-state index in [4.69, 9.17) is 0 Å². The highest BCUT2D eigenvalue weighted by Crippen LogP contribution is 2.29. The van der Waals surface area contributed by atoms with E-state index in [1.807, 2.05) is 6.07 Å². The topological polar surface area (TPSA) is 24.5 Å². The van der Waals surface area contributed by atoms with Gasteiger partial charge < -0.3 is 15.0 Å². The number of ether oxygens (including phenoxy) is 1. The van der Waals surface area contributed by atoms with Crippen molar-refractivity contribution in [1.29, 1.82) is 0 Å². The van der Waals surface area contributed by atoms with Crippen molar-refractivity contribution in [1.82, 2.24) is 4.90 Å². The Bertz CT molecular complexity index is 455. The highest BCUT2D eigenvalue weighted by molar-refractivity contribution is 5.49. The molecule has 2 atom stereocenters. The highest BCUT2D eigenvalue weighted by Gasteiger charge is 2.31. The van der Waals surface area contributed by atoms with Crippen molar-refractivity contribution in [2.45, 2.75) is 44.4 Å². The van der Waals surface area contributed by atoms with Gasteiger partial charge in [0.25, 0.3) is 0 Å². The van der Waals surface area contributed by atoms with Crippen molar-refractivity contribution in [3.05, 3.63) is 24.3 Å². The van der Waals surface area contributed by atoms with Crippen LogP contribution in [-0.4, -0.2) is 36.7 Å². The summed E-state index contributed by atoms with van der Waals surface area (Å²) in [6, 6.07) is 7.96. The van der Waals surface area contributed by atoms with E-state index in [0.717, 1.165) is 25.1 Å². The number of hydrogen-bond donors (Lipinski definition) is 1. The van der Waals surface area contributed by atoms with Crippen molar-refractivity contribution < 1.29 is 13.5 Å². The standard InChI is InChI=1S/C15H20F2N2O/c16-15(17)20-14-5-1-3-11(10-14)18-12-6-8-19-7-2-4-13(19)9-12/h1,3,5,10,12-13,15,18H,2,4,6-9H2. The number of benzene rings is 1. The zero-order valence-corrected chi connectivity index (χ0v) is 11.4. The van der Waals surface area contributed by atoms with E-state index in [-0.39, 0.29) is 5.75 Å². The van der Waals surface area contributed by atoms with Gasteiger partial charge in [-0.25, -0.2) is 0 Å². The van der Waals surface area contributed by atoms with E-state index < -0.39 is 6.61 Å². The lowest BCUT2D eigenvalue weighted by Gasteiger charge is -2.35. The van der Waals surface area contributed by atoms with Crippen LogP contribution in [0, 0.1) is 0 Å². The van der Waals surface area contributed by atoms with Gasteiger partial charge in [-0.15, -0.1) is 0 Å². The van der Waals surface area contributed by atoms with Crippen molar-refractivity contribution in [3.63, 3.8) is 0 Å². The molecule has 0 spiro atoms. The zero-order valence-electron chi connectivity index (χ0n) is 11.4. The minimum atomic E-state index is -2.77. The van der Waals surface area contributed by atoms with E-state index in [1.165, 1.54) is 19.4 Å². The molecule has 3 nitrogen and oxygen atoms in total. The summed E-state index contributed by atoms with van der Waals surface area (Å²) < 4.78 is 28.9. The molecule has 2 heterocycles. The Morgan fingerprint density at radius 1 is 1.25 bits per heavy atom. The Kier molecular flexibility index (Phi) is 4.05. The molecule has 5 heteroatoms. The Hall–Kier alpha value is -1.36. The van der Waals surface area contributed by atoms with Gasteiger partial charge >= 0.3 is 6.61 Å². The summed E-state index contributed by atoms with van der Waals surface area (Å²) in [5.74, 6) is 0.211. The lowest BCUT2D eigenvalue weighted by Crippen LogP contribution is -2.42. The molecule has 2 unspecified atom stereocenters. The first-order chi connectivity index (χ1) is 9.70. The lowest BCUT2D eigenvalue weighted by atomic mass is 9.97. The molecule has 1 aromatic rings. The molecule has 110 valence electrons. The fraction of sp³-hybridized carbons (Fsp3) is 0.600. The van der Waals surface area contributed by atoms with Crippen LogP contribution in [0.1, 0.15) is 25.7 Å². The predicted molar refractivity (Wildman–Crippen MR) is 74.3 cm³/mol. The van der Waals surface area contributed by atoms with Gasteiger partial charge in [-0.2, -0.15) is 8.78 Å². The summed E-state index contributed by atoms with van der Waals surface area (Å²) in [6.07, 6.45) is 4.83. The summed E-state index contributed by atoms with van der Waals surface area (Å²) in [7, 11) is 0. The minimum Gasteiger partial charge on any atom is -0.435 e. The van der Waals surface area contributed by atoms with Crippen LogP contribution in [-0.2, 0) is 0 Å². The SMILES string of the molecule is FC(F)Oc1cccc(NC2CCN3CCCC3C2)c1. The Morgan fingerprint density at radius 3 is 3.00 bits per heavy atom.